The molecule has 0 aliphatic carbocycles. The second-order valence-corrected chi connectivity index (χ2v) is 2.89. The molecule has 6 heteroatoms. The van der Waals surface area contributed by atoms with Gasteiger partial charge in [0.2, 0.25) is 0 Å². The number of anilines is 1. The Morgan fingerprint density at radius 2 is 2.13 bits per heavy atom. The van der Waals surface area contributed by atoms with Crippen molar-refractivity contribution in [2.75, 3.05) is 12.8 Å². The van der Waals surface area contributed by atoms with Crippen LogP contribution in [-0.4, -0.2) is 17.8 Å². The summed E-state index contributed by atoms with van der Waals surface area (Å²) in [5.41, 5.74) is 5.12. The summed E-state index contributed by atoms with van der Waals surface area (Å²) in [4.78, 5) is 21.2. The molecule has 80 valence electrons. The molecule has 0 amide bonds. The third-order valence-corrected chi connectivity index (χ3v) is 1.95. The largest absolute Gasteiger partial charge is 0.496 e. The zero-order valence-electron chi connectivity index (χ0n) is 8.31. The Kier molecular flexibility index (Phi) is 2.89. The molecular formula is C9H10N2O4. The highest BCUT2D eigenvalue weighted by molar-refractivity contribution is 6.03. The molecule has 0 fully saturated rings. The number of nitrogens with two attached hydrogens (primary N) is 1. The molecule has 1 rings (SSSR count). The highest BCUT2D eigenvalue weighted by Gasteiger charge is 2.21. The Bertz CT molecular complexity index is 428. The molecule has 1 aromatic carbocycles. The van der Waals surface area contributed by atoms with Crippen LogP contribution in [0.3, 0.4) is 0 Å². The predicted octanol–water partition coefficient (Wildman–Crippen LogP) is 1.39. The van der Waals surface area contributed by atoms with Gasteiger partial charge in [0, 0.05) is 6.07 Å². The molecule has 0 saturated carbocycles. The van der Waals surface area contributed by atoms with Crippen molar-refractivity contribution in [2.45, 2.75) is 6.92 Å². The normalized spacial score (nSPS) is 9.73. The number of carbonyl (C=O) groups is 1. The lowest BCUT2D eigenvalue weighted by molar-refractivity contribution is -0.383. The summed E-state index contributed by atoms with van der Waals surface area (Å²) in [5, 5.41) is 10.6. The van der Waals surface area contributed by atoms with Crippen LogP contribution in [0, 0.1) is 10.1 Å². The predicted molar refractivity (Wildman–Crippen MR) is 54.1 cm³/mol. The van der Waals surface area contributed by atoms with Gasteiger partial charge in [0.05, 0.1) is 17.6 Å². The molecule has 6 nitrogen and oxygen atoms in total. The summed E-state index contributed by atoms with van der Waals surface area (Å²) in [5.74, 6) is -0.126. The number of rotatable bonds is 3. The molecular weight excluding hydrogens is 200 g/mol. The van der Waals surface area contributed by atoms with E-state index in [0.717, 1.165) is 0 Å². The molecule has 0 saturated heterocycles. The number of hydrogen-bond donors (Lipinski definition) is 1. The van der Waals surface area contributed by atoms with Crippen LogP contribution in [0.2, 0.25) is 0 Å². The van der Waals surface area contributed by atoms with Gasteiger partial charge in [0.25, 0.3) is 5.69 Å². The molecule has 0 spiro atoms. The zero-order valence-corrected chi connectivity index (χ0v) is 8.31. The fourth-order valence-corrected chi connectivity index (χ4v) is 1.28. The lowest BCUT2D eigenvalue weighted by atomic mass is 10.1. The summed E-state index contributed by atoms with van der Waals surface area (Å²) in [7, 11) is 1.37. The Labute approximate surface area is 85.8 Å². The van der Waals surface area contributed by atoms with Crippen LogP contribution in [0.4, 0.5) is 11.4 Å². The monoisotopic (exact) mass is 210 g/mol. The summed E-state index contributed by atoms with van der Waals surface area (Å²) in [6.45, 7) is 1.28. The first kappa shape index (κ1) is 11.0. The van der Waals surface area contributed by atoms with Gasteiger partial charge in [-0.25, -0.2) is 0 Å². The van der Waals surface area contributed by atoms with Crippen LogP contribution in [0.1, 0.15) is 17.3 Å². The van der Waals surface area contributed by atoms with Crippen LogP contribution in [0.5, 0.6) is 5.75 Å². The topological polar surface area (TPSA) is 95.5 Å². The van der Waals surface area contributed by atoms with E-state index in [1.807, 2.05) is 0 Å². The minimum atomic E-state index is -0.638. The maximum absolute atomic E-state index is 11.2. The summed E-state index contributed by atoms with van der Waals surface area (Å²) >= 11 is 0. The SMILES string of the molecule is COc1ccc([N+](=O)[O-])c(N)c1C(C)=O. The Morgan fingerprint density at radius 1 is 1.53 bits per heavy atom. The fourth-order valence-electron chi connectivity index (χ4n) is 1.28. The van der Waals surface area contributed by atoms with Gasteiger partial charge in [0.1, 0.15) is 11.4 Å². The van der Waals surface area contributed by atoms with Crippen LogP contribution in [0.25, 0.3) is 0 Å². The number of nitrogens with zero attached hydrogens (tertiary/aromatic N) is 1. The van der Waals surface area contributed by atoms with Crippen molar-refractivity contribution < 1.29 is 14.5 Å². The second kappa shape index (κ2) is 3.95. The molecule has 0 atom stereocenters. The van der Waals surface area contributed by atoms with Gasteiger partial charge < -0.3 is 10.5 Å². The third-order valence-electron chi connectivity index (χ3n) is 1.95. The van der Waals surface area contributed by atoms with Gasteiger partial charge in [-0.2, -0.15) is 0 Å². The number of nitro benzene ring substituents is 1. The van der Waals surface area contributed by atoms with E-state index < -0.39 is 4.92 Å². The first-order chi connectivity index (χ1) is 6.99. The van der Waals surface area contributed by atoms with E-state index in [0.29, 0.717) is 0 Å². The maximum Gasteiger partial charge on any atom is 0.293 e. The maximum atomic E-state index is 11.2. The lowest BCUT2D eigenvalue weighted by Crippen LogP contribution is -2.06. The lowest BCUT2D eigenvalue weighted by Gasteiger charge is -2.08. The van der Waals surface area contributed by atoms with Crippen molar-refractivity contribution in [2.24, 2.45) is 0 Å². The van der Waals surface area contributed by atoms with Gasteiger partial charge in [-0.3, -0.25) is 14.9 Å². The van der Waals surface area contributed by atoms with E-state index in [4.69, 9.17) is 10.5 Å². The molecule has 0 heterocycles. The fraction of sp³-hybridized carbons (Fsp3) is 0.222. The Morgan fingerprint density at radius 3 is 2.53 bits per heavy atom. The van der Waals surface area contributed by atoms with Gasteiger partial charge in [-0.05, 0) is 13.0 Å². The first-order valence-electron chi connectivity index (χ1n) is 4.10. The first-order valence-corrected chi connectivity index (χ1v) is 4.10. The highest BCUT2D eigenvalue weighted by atomic mass is 16.6. The number of nitro groups is 1. The van der Waals surface area contributed by atoms with E-state index in [1.54, 1.807) is 0 Å². The third kappa shape index (κ3) is 1.88. The average molecular weight is 210 g/mol. The van der Waals surface area contributed by atoms with Crippen molar-refractivity contribution in [3.63, 3.8) is 0 Å². The van der Waals surface area contributed by atoms with Crippen LogP contribution >= 0.6 is 0 Å². The van der Waals surface area contributed by atoms with Crippen molar-refractivity contribution in [3.8, 4) is 5.75 Å². The van der Waals surface area contributed by atoms with Crippen LogP contribution in [-0.2, 0) is 0 Å². The van der Waals surface area contributed by atoms with Gasteiger partial charge in [-0.15, -0.1) is 0 Å². The number of ether oxygens (including phenoxy) is 1. The van der Waals surface area contributed by atoms with E-state index in [2.05, 4.69) is 0 Å². The molecule has 1 aromatic rings. The molecule has 15 heavy (non-hydrogen) atoms. The summed E-state index contributed by atoms with van der Waals surface area (Å²) in [6, 6.07) is 2.56. The smallest absolute Gasteiger partial charge is 0.293 e. The number of benzene rings is 1. The summed E-state index contributed by atoms with van der Waals surface area (Å²) in [6.07, 6.45) is 0. The van der Waals surface area contributed by atoms with E-state index >= 15 is 0 Å². The molecule has 0 aliphatic rings. The van der Waals surface area contributed by atoms with E-state index in [-0.39, 0.29) is 28.5 Å². The number of hydrogen-bond acceptors (Lipinski definition) is 5. The minimum absolute atomic E-state index is 0.0479. The highest BCUT2D eigenvalue weighted by Crippen LogP contribution is 2.32. The minimum Gasteiger partial charge on any atom is -0.496 e. The van der Waals surface area contributed by atoms with Gasteiger partial charge >= 0.3 is 0 Å². The number of carbonyl (C=O) groups excluding carboxylic acids is 1. The Balaban J connectivity index is 3.49. The van der Waals surface area contributed by atoms with Gasteiger partial charge in [0.15, 0.2) is 5.78 Å². The van der Waals surface area contributed by atoms with Crippen LogP contribution < -0.4 is 10.5 Å². The van der Waals surface area contributed by atoms with Crippen molar-refractivity contribution in [1.82, 2.24) is 0 Å². The standard InChI is InChI=1S/C9H10N2O4/c1-5(12)8-7(15-2)4-3-6(9(8)10)11(13)14/h3-4H,10H2,1-2H3. The molecule has 0 radical (unpaired) electrons. The number of Topliss-reactive ketones (excluding diaryl/α,β-unsaturated/α-hetero) is 1. The van der Waals surface area contributed by atoms with Crippen molar-refractivity contribution >= 4 is 17.2 Å². The molecule has 0 bridgehead atoms. The summed E-state index contributed by atoms with van der Waals surface area (Å²) < 4.78 is 4.90. The number of methoxy groups -OCH3 is 1. The Hall–Kier alpha value is -2.11. The number of nitrogen functional groups attached to an aromatic ring is 1. The zero-order chi connectivity index (χ0) is 11.6. The molecule has 0 aromatic heterocycles. The molecule has 0 unspecified atom stereocenters. The quantitative estimate of drug-likeness (QED) is 0.352. The molecule has 0 aliphatic heterocycles. The number of ketones is 1. The van der Waals surface area contributed by atoms with Crippen molar-refractivity contribution in [3.05, 3.63) is 27.8 Å². The van der Waals surface area contributed by atoms with E-state index in [1.165, 1.54) is 26.2 Å². The average Bonchev–Trinajstić information content (AvgIpc) is 2.15. The second-order valence-electron chi connectivity index (χ2n) is 2.89. The molecule has 2 N–H and O–H groups in total. The van der Waals surface area contributed by atoms with E-state index in [9.17, 15) is 14.9 Å². The van der Waals surface area contributed by atoms with Crippen LogP contribution in [0.15, 0.2) is 12.1 Å². The van der Waals surface area contributed by atoms with Crippen molar-refractivity contribution in [1.29, 1.82) is 0 Å². The van der Waals surface area contributed by atoms with Gasteiger partial charge in [-0.1, -0.05) is 0 Å².